The smallest absolute Gasteiger partial charge is 0.229 e. The highest BCUT2D eigenvalue weighted by atomic mass is 16.5. The van der Waals surface area contributed by atoms with E-state index in [1.807, 2.05) is 26.8 Å². The van der Waals surface area contributed by atoms with Crippen LogP contribution in [0.25, 0.3) is 0 Å². The van der Waals surface area contributed by atoms with Gasteiger partial charge in [-0.1, -0.05) is 20.8 Å². The van der Waals surface area contributed by atoms with E-state index in [-0.39, 0.29) is 17.9 Å². The third-order valence-electron chi connectivity index (χ3n) is 3.82. The van der Waals surface area contributed by atoms with Gasteiger partial charge in [-0.05, 0) is 12.1 Å². The van der Waals surface area contributed by atoms with Gasteiger partial charge in [-0.25, -0.2) is 0 Å². The molecule has 1 heterocycles. The number of carbonyl (C=O) groups excluding carboxylic acids is 2. The Morgan fingerprint density at radius 1 is 1.22 bits per heavy atom. The Morgan fingerprint density at radius 3 is 2.43 bits per heavy atom. The largest absolute Gasteiger partial charge is 0.493 e. The molecule has 6 nitrogen and oxygen atoms in total. The van der Waals surface area contributed by atoms with Crippen LogP contribution in [0.5, 0.6) is 11.5 Å². The van der Waals surface area contributed by atoms with Crippen molar-refractivity contribution in [2.45, 2.75) is 33.2 Å². The van der Waals surface area contributed by atoms with Gasteiger partial charge in [-0.3, -0.25) is 9.59 Å². The van der Waals surface area contributed by atoms with Crippen LogP contribution in [-0.4, -0.2) is 38.6 Å². The number of rotatable bonds is 4. The minimum atomic E-state index is -0.472. The number of carbonyl (C=O) groups is 2. The van der Waals surface area contributed by atoms with Gasteiger partial charge in [0.25, 0.3) is 0 Å². The molecule has 1 aromatic carbocycles. The molecule has 1 unspecified atom stereocenters. The fourth-order valence-electron chi connectivity index (χ4n) is 2.45. The van der Waals surface area contributed by atoms with E-state index in [0.29, 0.717) is 24.5 Å². The lowest BCUT2D eigenvalue weighted by molar-refractivity contribution is -0.129. The molecule has 0 bridgehead atoms. The summed E-state index contributed by atoms with van der Waals surface area (Å²) < 4.78 is 10.5. The second-order valence-electron chi connectivity index (χ2n) is 6.67. The summed E-state index contributed by atoms with van der Waals surface area (Å²) in [6.45, 7) is 6.01. The summed E-state index contributed by atoms with van der Waals surface area (Å²) in [6.07, 6.45) is 0.302. The Hall–Kier alpha value is -2.24. The predicted molar refractivity (Wildman–Crippen MR) is 87.9 cm³/mol. The van der Waals surface area contributed by atoms with E-state index in [0.717, 1.165) is 5.69 Å². The number of amides is 2. The average molecular weight is 320 g/mol. The Morgan fingerprint density at radius 2 is 1.87 bits per heavy atom. The van der Waals surface area contributed by atoms with Crippen molar-refractivity contribution in [3.05, 3.63) is 18.2 Å². The molecule has 1 atom stereocenters. The first-order valence-electron chi connectivity index (χ1n) is 7.59. The number of methoxy groups -OCH3 is 2. The van der Waals surface area contributed by atoms with E-state index in [4.69, 9.17) is 9.47 Å². The zero-order valence-electron chi connectivity index (χ0n) is 14.3. The fourth-order valence-corrected chi connectivity index (χ4v) is 2.45. The molecule has 1 fully saturated rings. The Labute approximate surface area is 136 Å². The van der Waals surface area contributed by atoms with Crippen LogP contribution < -0.4 is 19.7 Å². The van der Waals surface area contributed by atoms with Crippen molar-refractivity contribution >= 4 is 17.5 Å². The predicted octanol–water partition coefficient (Wildman–Crippen LogP) is 1.97. The van der Waals surface area contributed by atoms with E-state index in [1.165, 1.54) is 0 Å². The van der Waals surface area contributed by atoms with Crippen LogP contribution in [0, 0.1) is 5.41 Å². The molecule has 1 aliphatic heterocycles. The molecule has 0 aromatic heterocycles. The number of ether oxygens (including phenoxy) is 2. The highest BCUT2D eigenvalue weighted by molar-refractivity contribution is 5.97. The summed E-state index contributed by atoms with van der Waals surface area (Å²) in [7, 11) is 3.12. The molecular formula is C17H24N2O4. The number of hydrogen-bond acceptors (Lipinski definition) is 4. The molecule has 1 saturated heterocycles. The van der Waals surface area contributed by atoms with Crippen LogP contribution in [0.1, 0.15) is 27.2 Å². The number of anilines is 1. The van der Waals surface area contributed by atoms with Crippen LogP contribution >= 0.6 is 0 Å². The number of nitrogens with zero attached hydrogens (tertiary/aromatic N) is 1. The van der Waals surface area contributed by atoms with Gasteiger partial charge in [0.1, 0.15) is 0 Å². The molecule has 0 spiro atoms. The average Bonchev–Trinajstić information content (AvgIpc) is 2.86. The third kappa shape index (κ3) is 3.75. The van der Waals surface area contributed by atoms with Crippen LogP contribution in [0.2, 0.25) is 0 Å². The summed E-state index contributed by atoms with van der Waals surface area (Å²) >= 11 is 0. The summed E-state index contributed by atoms with van der Waals surface area (Å²) in [5, 5.41) is 2.94. The second kappa shape index (κ2) is 6.48. The van der Waals surface area contributed by atoms with E-state index in [2.05, 4.69) is 5.32 Å². The molecular weight excluding hydrogens is 296 g/mol. The monoisotopic (exact) mass is 320 g/mol. The minimum absolute atomic E-state index is 0.0172. The second-order valence-corrected chi connectivity index (χ2v) is 6.67. The maximum Gasteiger partial charge on any atom is 0.229 e. The SMILES string of the molecule is COc1ccc(N2CC(NC(=O)C(C)(C)C)CC2=O)cc1OC. The van der Waals surface area contributed by atoms with E-state index in [1.54, 1.807) is 31.3 Å². The molecule has 0 radical (unpaired) electrons. The van der Waals surface area contributed by atoms with Crippen molar-refractivity contribution in [2.75, 3.05) is 25.7 Å². The third-order valence-corrected chi connectivity index (χ3v) is 3.82. The highest BCUT2D eigenvalue weighted by Crippen LogP contribution is 2.33. The Kier molecular flexibility index (Phi) is 4.82. The lowest BCUT2D eigenvalue weighted by atomic mass is 9.95. The number of nitrogens with one attached hydrogen (secondary N) is 1. The summed E-state index contributed by atoms with van der Waals surface area (Å²) in [5.74, 6) is 1.11. The molecule has 2 rings (SSSR count). The summed E-state index contributed by atoms with van der Waals surface area (Å²) in [4.78, 5) is 26.0. The van der Waals surface area contributed by atoms with E-state index in [9.17, 15) is 9.59 Å². The summed E-state index contributed by atoms with van der Waals surface area (Å²) in [5.41, 5.74) is 0.264. The standard InChI is InChI=1S/C17H24N2O4/c1-17(2,3)16(21)18-11-8-15(20)19(10-11)12-6-7-13(22-4)14(9-12)23-5/h6-7,9,11H,8,10H2,1-5H3,(H,18,21). The van der Waals surface area contributed by atoms with Crippen LogP contribution in [0.3, 0.4) is 0 Å². The topological polar surface area (TPSA) is 67.9 Å². The molecule has 0 saturated carbocycles. The molecule has 0 aliphatic carbocycles. The van der Waals surface area contributed by atoms with Crippen molar-refractivity contribution in [1.29, 1.82) is 0 Å². The first-order chi connectivity index (χ1) is 10.8. The van der Waals surface area contributed by atoms with Crippen molar-refractivity contribution < 1.29 is 19.1 Å². The zero-order valence-corrected chi connectivity index (χ0v) is 14.3. The quantitative estimate of drug-likeness (QED) is 0.921. The van der Waals surface area contributed by atoms with Crippen molar-refractivity contribution in [1.82, 2.24) is 5.32 Å². The van der Waals surface area contributed by atoms with E-state index >= 15 is 0 Å². The van der Waals surface area contributed by atoms with Gasteiger partial charge >= 0.3 is 0 Å². The first kappa shape index (κ1) is 17.1. The normalized spacial score (nSPS) is 18.0. The van der Waals surface area contributed by atoms with E-state index < -0.39 is 5.41 Å². The van der Waals surface area contributed by atoms with Crippen LogP contribution in [0.4, 0.5) is 5.69 Å². The van der Waals surface area contributed by atoms with Crippen molar-refractivity contribution in [3.63, 3.8) is 0 Å². The van der Waals surface area contributed by atoms with Gasteiger partial charge in [0.15, 0.2) is 11.5 Å². The number of benzene rings is 1. The lowest BCUT2D eigenvalue weighted by Crippen LogP contribution is -2.43. The van der Waals surface area contributed by atoms with Gasteiger partial charge in [-0.15, -0.1) is 0 Å². The van der Waals surface area contributed by atoms with Crippen LogP contribution in [0.15, 0.2) is 18.2 Å². The number of hydrogen-bond donors (Lipinski definition) is 1. The Bertz CT molecular complexity index is 607. The molecule has 1 N–H and O–H groups in total. The fraction of sp³-hybridized carbons (Fsp3) is 0.529. The minimum Gasteiger partial charge on any atom is -0.493 e. The van der Waals surface area contributed by atoms with Gasteiger partial charge in [0, 0.05) is 30.1 Å². The molecule has 6 heteroatoms. The van der Waals surface area contributed by atoms with Crippen molar-refractivity contribution in [2.24, 2.45) is 5.41 Å². The summed E-state index contributed by atoms with van der Waals surface area (Å²) in [6, 6.07) is 5.17. The van der Waals surface area contributed by atoms with Gasteiger partial charge in [-0.2, -0.15) is 0 Å². The Balaban J connectivity index is 2.13. The zero-order chi connectivity index (χ0) is 17.2. The van der Waals surface area contributed by atoms with Gasteiger partial charge in [0.05, 0.1) is 20.3 Å². The maximum absolute atomic E-state index is 12.3. The van der Waals surface area contributed by atoms with Crippen molar-refractivity contribution in [3.8, 4) is 11.5 Å². The van der Waals surface area contributed by atoms with Gasteiger partial charge in [0.2, 0.25) is 11.8 Å². The van der Waals surface area contributed by atoms with Gasteiger partial charge < -0.3 is 19.7 Å². The molecule has 1 aromatic rings. The highest BCUT2D eigenvalue weighted by Gasteiger charge is 2.34. The maximum atomic E-state index is 12.3. The van der Waals surface area contributed by atoms with Crippen LogP contribution in [-0.2, 0) is 9.59 Å². The lowest BCUT2D eigenvalue weighted by Gasteiger charge is -2.22. The first-order valence-corrected chi connectivity index (χ1v) is 7.59. The molecule has 23 heavy (non-hydrogen) atoms. The molecule has 1 aliphatic rings. The molecule has 2 amide bonds. The molecule has 126 valence electrons.